The summed E-state index contributed by atoms with van der Waals surface area (Å²) in [6, 6.07) is 4.23. The lowest BCUT2D eigenvalue weighted by Gasteiger charge is -2.09. The van der Waals surface area contributed by atoms with Gasteiger partial charge in [-0.15, -0.1) is 11.6 Å². The molecule has 0 saturated carbocycles. The number of benzene rings is 1. The molecular formula is C10H11ClF2N2O2. The molecule has 0 atom stereocenters. The Hall–Kier alpha value is -1.56. The van der Waals surface area contributed by atoms with Crippen LogP contribution in [0.15, 0.2) is 23.2 Å². The molecule has 0 aliphatic heterocycles. The molecular weight excluding hydrogens is 254 g/mol. The number of hydrogen-bond donors (Lipinski definition) is 1. The summed E-state index contributed by atoms with van der Waals surface area (Å²) in [5.41, 5.74) is 5.57. The summed E-state index contributed by atoms with van der Waals surface area (Å²) >= 11 is 5.46. The second-order valence-corrected chi connectivity index (χ2v) is 3.22. The summed E-state index contributed by atoms with van der Waals surface area (Å²) in [7, 11) is 1.45. The van der Waals surface area contributed by atoms with Gasteiger partial charge in [0.15, 0.2) is 5.75 Å². The molecule has 0 aliphatic rings. The Morgan fingerprint density at radius 1 is 1.53 bits per heavy atom. The average molecular weight is 265 g/mol. The van der Waals surface area contributed by atoms with Gasteiger partial charge >= 0.3 is 6.61 Å². The molecule has 0 saturated heterocycles. The van der Waals surface area contributed by atoms with E-state index in [1.54, 1.807) is 0 Å². The molecule has 1 aromatic rings. The number of ether oxygens (including phenoxy) is 2. The van der Waals surface area contributed by atoms with Crippen LogP contribution in [0, 0.1) is 0 Å². The van der Waals surface area contributed by atoms with Crippen LogP contribution in [0.5, 0.6) is 11.5 Å². The van der Waals surface area contributed by atoms with Gasteiger partial charge in [-0.3, -0.25) is 0 Å². The second-order valence-electron chi connectivity index (χ2n) is 2.95. The van der Waals surface area contributed by atoms with E-state index in [0.29, 0.717) is 5.75 Å². The number of nitrogens with two attached hydrogens (primary N) is 1. The molecule has 0 aromatic heterocycles. The molecule has 0 fully saturated rings. The Bertz CT molecular complexity index is 413. The van der Waals surface area contributed by atoms with Gasteiger partial charge in [0.1, 0.15) is 17.3 Å². The van der Waals surface area contributed by atoms with Gasteiger partial charge in [-0.25, -0.2) is 4.99 Å². The third-order valence-electron chi connectivity index (χ3n) is 1.78. The molecule has 7 heteroatoms. The van der Waals surface area contributed by atoms with Gasteiger partial charge in [-0.05, 0) is 12.1 Å². The Balaban J connectivity index is 3.11. The molecule has 0 spiro atoms. The summed E-state index contributed by atoms with van der Waals surface area (Å²) in [6.07, 6.45) is 0. The van der Waals surface area contributed by atoms with E-state index in [0.717, 1.165) is 0 Å². The maximum absolute atomic E-state index is 12.1. The molecule has 94 valence electrons. The molecule has 0 unspecified atom stereocenters. The van der Waals surface area contributed by atoms with Gasteiger partial charge in [0, 0.05) is 6.07 Å². The highest BCUT2D eigenvalue weighted by Gasteiger charge is 2.10. The number of nitrogens with zero attached hydrogens (tertiary/aromatic N) is 1. The summed E-state index contributed by atoms with van der Waals surface area (Å²) in [4.78, 5) is 3.86. The van der Waals surface area contributed by atoms with E-state index in [9.17, 15) is 8.78 Å². The first-order valence-electron chi connectivity index (χ1n) is 4.58. The number of hydrogen-bond acceptors (Lipinski definition) is 3. The predicted molar refractivity (Wildman–Crippen MR) is 61.6 cm³/mol. The predicted octanol–water partition coefficient (Wildman–Crippen LogP) is 2.52. The van der Waals surface area contributed by atoms with E-state index in [2.05, 4.69) is 9.73 Å². The Kier molecular flexibility index (Phi) is 4.96. The van der Waals surface area contributed by atoms with E-state index in [-0.39, 0.29) is 23.2 Å². The largest absolute Gasteiger partial charge is 0.497 e. The first-order chi connectivity index (χ1) is 8.06. The fraction of sp³-hybridized carbons (Fsp3) is 0.300. The van der Waals surface area contributed by atoms with Gasteiger partial charge in [-0.2, -0.15) is 8.78 Å². The zero-order valence-electron chi connectivity index (χ0n) is 8.99. The van der Waals surface area contributed by atoms with Crippen molar-refractivity contribution < 1.29 is 18.3 Å². The third-order valence-corrected chi connectivity index (χ3v) is 2.06. The molecule has 17 heavy (non-hydrogen) atoms. The molecule has 1 rings (SSSR count). The van der Waals surface area contributed by atoms with Crippen molar-refractivity contribution in [3.05, 3.63) is 18.2 Å². The van der Waals surface area contributed by atoms with Crippen LogP contribution < -0.4 is 15.2 Å². The monoisotopic (exact) mass is 264 g/mol. The minimum atomic E-state index is -2.94. The SMILES string of the molecule is COc1ccc(OC(F)F)c(N=C(N)CCl)c1. The minimum Gasteiger partial charge on any atom is -0.497 e. The average Bonchev–Trinajstić information content (AvgIpc) is 2.30. The summed E-state index contributed by atoms with van der Waals surface area (Å²) in [5, 5.41) is 0. The molecule has 0 bridgehead atoms. The standard InChI is InChI=1S/C10H11ClF2N2O2/c1-16-6-2-3-8(17-10(12)13)7(4-6)15-9(14)5-11/h2-4,10H,5H2,1H3,(H2,14,15). The Morgan fingerprint density at radius 2 is 2.24 bits per heavy atom. The van der Waals surface area contributed by atoms with Crippen molar-refractivity contribution >= 4 is 23.1 Å². The van der Waals surface area contributed by atoms with Crippen molar-refractivity contribution in [1.82, 2.24) is 0 Å². The highest BCUT2D eigenvalue weighted by molar-refractivity contribution is 6.28. The van der Waals surface area contributed by atoms with Crippen LogP contribution in [0.2, 0.25) is 0 Å². The van der Waals surface area contributed by atoms with Gasteiger partial charge in [0.25, 0.3) is 0 Å². The highest BCUT2D eigenvalue weighted by Crippen LogP contribution is 2.32. The zero-order valence-corrected chi connectivity index (χ0v) is 9.75. The van der Waals surface area contributed by atoms with Crippen molar-refractivity contribution in [3.8, 4) is 11.5 Å². The van der Waals surface area contributed by atoms with Gasteiger partial charge in [-0.1, -0.05) is 0 Å². The number of methoxy groups -OCH3 is 1. The number of alkyl halides is 3. The van der Waals surface area contributed by atoms with Crippen molar-refractivity contribution in [3.63, 3.8) is 0 Å². The van der Waals surface area contributed by atoms with Crippen LogP contribution in [0.3, 0.4) is 0 Å². The van der Waals surface area contributed by atoms with Crippen LogP contribution in [0.1, 0.15) is 0 Å². The molecule has 0 heterocycles. The van der Waals surface area contributed by atoms with Crippen LogP contribution in [-0.4, -0.2) is 25.4 Å². The van der Waals surface area contributed by atoms with Crippen LogP contribution >= 0.6 is 11.6 Å². The van der Waals surface area contributed by atoms with E-state index in [1.165, 1.54) is 25.3 Å². The number of amidine groups is 1. The van der Waals surface area contributed by atoms with Crippen LogP contribution in [-0.2, 0) is 0 Å². The smallest absolute Gasteiger partial charge is 0.387 e. The van der Waals surface area contributed by atoms with E-state index < -0.39 is 6.61 Å². The quantitative estimate of drug-likeness (QED) is 0.505. The topological polar surface area (TPSA) is 56.8 Å². The van der Waals surface area contributed by atoms with Crippen molar-refractivity contribution in [2.75, 3.05) is 13.0 Å². The third kappa shape index (κ3) is 4.07. The van der Waals surface area contributed by atoms with Crippen molar-refractivity contribution in [1.29, 1.82) is 0 Å². The normalized spacial score (nSPS) is 11.7. The summed E-state index contributed by atoms with van der Waals surface area (Å²) in [6.45, 7) is -2.94. The Labute approximate surface area is 102 Å². The first kappa shape index (κ1) is 13.5. The minimum absolute atomic E-state index is 0.00860. The molecule has 2 N–H and O–H groups in total. The van der Waals surface area contributed by atoms with Gasteiger partial charge in [0.2, 0.25) is 0 Å². The maximum atomic E-state index is 12.1. The first-order valence-corrected chi connectivity index (χ1v) is 5.12. The van der Waals surface area contributed by atoms with Gasteiger partial charge in [0.05, 0.1) is 13.0 Å². The maximum Gasteiger partial charge on any atom is 0.387 e. The van der Waals surface area contributed by atoms with E-state index in [4.69, 9.17) is 22.1 Å². The van der Waals surface area contributed by atoms with Crippen LogP contribution in [0.4, 0.5) is 14.5 Å². The Morgan fingerprint density at radius 3 is 2.76 bits per heavy atom. The van der Waals surface area contributed by atoms with Gasteiger partial charge < -0.3 is 15.2 Å². The van der Waals surface area contributed by atoms with E-state index >= 15 is 0 Å². The van der Waals surface area contributed by atoms with E-state index in [1.807, 2.05) is 0 Å². The molecule has 0 amide bonds. The fourth-order valence-corrected chi connectivity index (χ4v) is 1.15. The number of halogens is 3. The lowest BCUT2D eigenvalue weighted by molar-refractivity contribution is -0.0494. The molecule has 4 nitrogen and oxygen atoms in total. The molecule has 0 radical (unpaired) electrons. The number of aliphatic imine (C=N–C) groups is 1. The molecule has 0 aliphatic carbocycles. The van der Waals surface area contributed by atoms with Crippen LogP contribution in [0.25, 0.3) is 0 Å². The summed E-state index contributed by atoms with van der Waals surface area (Å²) < 4.78 is 33.5. The molecule has 1 aromatic carbocycles. The fourth-order valence-electron chi connectivity index (χ4n) is 1.09. The second kappa shape index (κ2) is 6.24. The van der Waals surface area contributed by atoms with Crippen molar-refractivity contribution in [2.24, 2.45) is 10.7 Å². The summed E-state index contributed by atoms with van der Waals surface area (Å²) in [5.74, 6) is 0.450. The lowest BCUT2D eigenvalue weighted by Crippen LogP contribution is -2.12. The number of rotatable bonds is 5. The van der Waals surface area contributed by atoms with Crippen molar-refractivity contribution in [2.45, 2.75) is 6.61 Å². The highest BCUT2D eigenvalue weighted by atomic mass is 35.5. The lowest BCUT2D eigenvalue weighted by atomic mass is 10.3. The zero-order chi connectivity index (χ0) is 12.8.